The molecule has 4 rings (SSSR count). The number of rotatable bonds is 17. The van der Waals surface area contributed by atoms with E-state index in [1.165, 1.54) is 4.90 Å². The fourth-order valence-electron chi connectivity index (χ4n) is 6.67. The normalized spacial score (nSPS) is 24.2. The molecule has 4 atom stereocenters. The van der Waals surface area contributed by atoms with Gasteiger partial charge in [0.05, 0.1) is 12.5 Å². The number of hydrogen-bond acceptors (Lipinski definition) is 7. The summed E-state index contributed by atoms with van der Waals surface area (Å²) in [6, 6.07) is -2.59. The van der Waals surface area contributed by atoms with Gasteiger partial charge < -0.3 is 41.6 Å². The van der Waals surface area contributed by atoms with Gasteiger partial charge in [0.1, 0.15) is 18.4 Å². The van der Waals surface area contributed by atoms with Crippen LogP contribution >= 0.6 is 0 Å². The topological polar surface area (TPSA) is 190 Å². The first-order valence-corrected chi connectivity index (χ1v) is 16.1. The number of nitrogens with two attached hydrogens (primary N) is 1. The molecule has 7 N–H and O–H groups in total. The highest BCUT2D eigenvalue weighted by Gasteiger charge is 2.40. The maximum atomic E-state index is 14.0. The van der Waals surface area contributed by atoms with Gasteiger partial charge in [-0.2, -0.15) is 0 Å². The van der Waals surface area contributed by atoms with E-state index in [4.69, 9.17) is 11.1 Å². The van der Waals surface area contributed by atoms with Crippen molar-refractivity contribution < 1.29 is 24.0 Å². The maximum absolute atomic E-state index is 14.0. The van der Waals surface area contributed by atoms with E-state index < -0.39 is 29.9 Å². The number of nitrogens with zero attached hydrogens (tertiary/aromatic N) is 2. The zero-order valence-corrected chi connectivity index (χ0v) is 25.9. The van der Waals surface area contributed by atoms with E-state index in [1.807, 2.05) is 13.8 Å². The van der Waals surface area contributed by atoms with Crippen LogP contribution in [0.25, 0.3) is 0 Å². The van der Waals surface area contributed by atoms with Gasteiger partial charge in [0.25, 0.3) is 0 Å². The standard InChI is InChI=1S/C30H52N8O5/c1-3-7-21(8-4-2)27(41)36-23(17-26(40)35-24-18-37-15-11-20(24)12-16-37)29(43)38-14-6-10-25(38)28(42)34-22(19-39)9-5-13-33-30(31)32/h19-25H,3-18H2,1-2H3,(H,34,42)(H,35,40)(H,36,41)(H4,31,32,33)/t22-,23-,24+,25?/m0/s1. The number of hydrogen-bond donors (Lipinski definition) is 6. The Morgan fingerprint density at radius 3 is 2.28 bits per heavy atom. The number of guanidine groups is 1. The van der Waals surface area contributed by atoms with Crippen molar-refractivity contribution >= 4 is 35.9 Å². The largest absolute Gasteiger partial charge is 0.370 e. The predicted octanol–water partition coefficient (Wildman–Crippen LogP) is 0.226. The van der Waals surface area contributed by atoms with E-state index in [0.29, 0.717) is 63.8 Å². The molecule has 242 valence electrons. The first-order chi connectivity index (χ1) is 20.7. The molecule has 0 saturated carbocycles. The van der Waals surface area contributed by atoms with Gasteiger partial charge in [-0.25, -0.2) is 0 Å². The summed E-state index contributed by atoms with van der Waals surface area (Å²) in [5.74, 6) is -1.39. The minimum Gasteiger partial charge on any atom is -0.370 e. The summed E-state index contributed by atoms with van der Waals surface area (Å²) >= 11 is 0. The SMILES string of the molecule is CCCC(CCC)C(=O)N[C@@H](CC(=O)N[C@@H]1CN2CCC1CC2)C(=O)N1CCCC1C(=O)N[C@H](C=O)CCCNC(=N)N. The fourth-order valence-corrected chi connectivity index (χ4v) is 6.67. The highest BCUT2D eigenvalue weighted by molar-refractivity contribution is 5.96. The Kier molecular flexibility index (Phi) is 13.7. The predicted molar refractivity (Wildman–Crippen MR) is 163 cm³/mol. The van der Waals surface area contributed by atoms with Crippen LogP contribution in [0.2, 0.25) is 0 Å². The number of carbonyl (C=O) groups is 5. The van der Waals surface area contributed by atoms with Crippen molar-refractivity contribution in [2.45, 2.75) is 109 Å². The molecule has 4 saturated heterocycles. The van der Waals surface area contributed by atoms with Crippen LogP contribution < -0.4 is 27.0 Å². The average molecular weight is 605 g/mol. The van der Waals surface area contributed by atoms with E-state index in [0.717, 1.165) is 45.3 Å². The van der Waals surface area contributed by atoms with Crippen molar-refractivity contribution in [3.8, 4) is 0 Å². The molecular weight excluding hydrogens is 552 g/mol. The van der Waals surface area contributed by atoms with Crippen LogP contribution in [-0.4, -0.2) is 103 Å². The van der Waals surface area contributed by atoms with Gasteiger partial charge in [0.2, 0.25) is 23.6 Å². The Morgan fingerprint density at radius 1 is 1.00 bits per heavy atom. The molecule has 0 aromatic carbocycles. The number of carbonyl (C=O) groups excluding carboxylic acids is 5. The number of likely N-dealkylation sites (tertiary alicyclic amines) is 1. The molecule has 4 aliphatic rings. The summed E-state index contributed by atoms with van der Waals surface area (Å²) in [6.45, 7) is 7.63. The molecule has 0 aromatic rings. The molecule has 4 fully saturated rings. The lowest BCUT2D eigenvalue weighted by molar-refractivity contribution is -0.143. The maximum Gasteiger partial charge on any atom is 0.246 e. The summed E-state index contributed by atoms with van der Waals surface area (Å²) in [6.07, 6.45) is 7.47. The molecular formula is C30H52N8O5. The fraction of sp³-hybridized carbons (Fsp3) is 0.800. The van der Waals surface area contributed by atoms with Crippen molar-refractivity contribution in [3.63, 3.8) is 0 Å². The van der Waals surface area contributed by atoms with E-state index in [9.17, 15) is 24.0 Å². The van der Waals surface area contributed by atoms with Crippen LogP contribution in [-0.2, 0) is 24.0 Å². The minimum absolute atomic E-state index is 0.0330. The van der Waals surface area contributed by atoms with E-state index >= 15 is 0 Å². The van der Waals surface area contributed by atoms with Crippen LogP contribution in [0.5, 0.6) is 0 Å². The molecule has 0 aliphatic carbocycles. The molecule has 43 heavy (non-hydrogen) atoms. The molecule has 0 spiro atoms. The number of amides is 4. The summed E-state index contributed by atoms with van der Waals surface area (Å²) in [4.78, 5) is 69.3. The zero-order valence-electron chi connectivity index (χ0n) is 25.9. The molecule has 4 amide bonds. The van der Waals surface area contributed by atoms with Crippen molar-refractivity contribution in [2.24, 2.45) is 17.6 Å². The zero-order chi connectivity index (χ0) is 31.4. The van der Waals surface area contributed by atoms with Gasteiger partial charge in [-0.15, -0.1) is 0 Å². The molecule has 0 aromatic heterocycles. The Morgan fingerprint density at radius 2 is 1.70 bits per heavy atom. The van der Waals surface area contributed by atoms with E-state index in [1.54, 1.807) is 0 Å². The molecule has 4 aliphatic heterocycles. The average Bonchev–Trinajstić information content (AvgIpc) is 3.48. The highest BCUT2D eigenvalue weighted by atomic mass is 16.2. The first kappa shape index (κ1) is 34.3. The number of piperidine rings is 3. The van der Waals surface area contributed by atoms with Gasteiger partial charge in [0.15, 0.2) is 5.96 Å². The molecule has 13 nitrogen and oxygen atoms in total. The van der Waals surface area contributed by atoms with E-state index in [2.05, 4.69) is 26.2 Å². The second-order valence-electron chi connectivity index (χ2n) is 12.3. The van der Waals surface area contributed by atoms with Crippen LogP contribution in [0, 0.1) is 17.2 Å². The minimum atomic E-state index is -1.09. The lowest BCUT2D eigenvalue weighted by atomic mass is 9.84. The van der Waals surface area contributed by atoms with Gasteiger partial charge in [-0.3, -0.25) is 24.6 Å². The van der Waals surface area contributed by atoms with Gasteiger partial charge in [-0.1, -0.05) is 26.7 Å². The highest BCUT2D eigenvalue weighted by Crippen LogP contribution is 2.28. The van der Waals surface area contributed by atoms with Crippen LogP contribution in [0.3, 0.4) is 0 Å². The number of fused-ring (bicyclic) bond motifs is 3. The Balaban J connectivity index is 1.68. The number of aldehydes is 1. The van der Waals surface area contributed by atoms with Crippen LogP contribution in [0.1, 0.15) is 84.5 Å². The third-order valence-corrected chi connectivity index (χ3v) is 8.99. The Hall–Kier alpha value is -3.22. The van der Waals surface area contributed by atoms with Crippen molar-refractivity contribution in [2.75, 3.05) is 32.7 Å². The monoisotopic (exact) mass is 604 g/mol. The van der Waals surface area contributed by atoms with Gasteiger partial charge in [-0.05, 0) is 70.4 Å². The Labute approximate surface area is 255 Å². The molecule has 4 heterocycles. The number of nitrogens with one attached hydrogen (secondary N) is 5. The van der Waals surface area contributed by atoms with E-state index in [-0.39, 0.29) is 36.2 Å². The summed E-state index contributed by atoms with van der Waals surface area (Å²) < 4.78 is 0. The lowest BCUT2D eigenvalue weighted by Gasteiger charge is -2.45. The van der Waals surface area contributed by atoms with Crippen molar-refractivity contribution in [1.82, 2.24) is 31.1 Å². The van der Waals surface area contributed by atoms with Crippen molar-refractivity contribution in [3.05, 3.63) is 0 Å². The first-order valence-electron chi connectivity index (χ1n) is 16.1. The second-order valence-corrected chi connectivity index (χ2v) is 12.3. The van der Waals surface area contributed by atoms with Crippen LogP contribution in [0.15, 0.2) is 0 Å². The van der Waals surface area contributed by atoms with Crippen LogP contribution in [0.4, 0.5) is 0 Å². The Bertz CT molecular complexity index is 980. The summed E-state index contributed by atoms with van der Waals surface area (Å²) in [7, 11) is 0. The third-order valence-electron chi connectivity index (χ3n) is 8.99. The third kappa shape index (κ3) is 10.2. The molecule has 0 radical (unpaired) electrons. The smallest absolute Gasteiger partial charge is 0.246 e. The molecule has 1 unspecified atom stereocenters. The quantitative estimate of drug-likeness (QED) is 0.0588. The van der Waals surface area contributed by atoms with Gasteiger partial charge in [0, 0.05) is 31.6 Å². The summed E-state index contributed by atoms with van der Waals surface area (Å²) in [5, 5.41) is 18.7. The van der Waals surface area contributed by atoms with Gasteiger partial charge >= 0.3 is 0 Å². The second kappa shape index (κ2) is 17.2. The molecule has 13 heteroatoms. The summed E-state index contributed by atoms with van der Waals surface area (Å²) in [5.41, 5.74) is 5.28. The lowest BCUT2D eigenvalue weighted by Crippen LogP contribution is -2.59. The molecule has 2 bridgehead atoms. The van der Waals surface area contributed by atoms with Crippen molar-refractivity contribution in [1.29, 1.82) is 5.41 Å².